The van der Waals surface area contributed by atoms with E-state index in [0.717, 1.165) is 0 Å². The zero-order valence-electron chi connectivity index (χ0n) is 7.37. The van der Waals surface area contributed by atoms with E-state index in [0.29, 0.717) is 5.52 Å². The molecule has 0 unspecified atom stereocenters. The molecule has 0 aliphatic rings. The first-order valence-electron chi connectivity index (χ1n) is 3.92. The third-order valence-corrected chi connectivity index (χ3v) is 1.85. The van der Waals surface area contributed by atoms with Gasteiger partial charge in [0.25, 0.3) is 0 Å². The van der Waals surface area contributed by atoms with Gasteiger partial charge in [-0.15, -0.1) is 0 Å². The molecular formula is C9H7NO4. The predicted molar refractivity (Wildman–Crippen MR) is 48.2 cm³/mol. The minimum Gasteiger partial charge on any atom is -0.465 e. The normalized spacial score (nSPS) is 10.4. The number of rotatable bonds is 1. The van der Waals surface area contributed by atoms with Gasteiger partial charge in [0, 0.05) is 0 Å². The van der Waals surface area contributed by atoms with Gasteiger partial charge in [0.2, 0.25) is 0 Å². The molecule has 72 valence electrons. The van der Waals surface area contributed by atoms with Gasteiger partial charge in [0.15, 0.2) is 5.58 Å². The number of para-hydroxylation sites is 1. The van der Waals surface area contributed by atoms with Gasteiger partial charge in [-0.25, -0.2) is 9.59 Å². The first kappa shape index (κ1) is 8.55. The van der Waals surface area contributed by atoms with Crippen molar-refractivity contribution in [3.8, 4) is 0 Å². The van der Waals surface area contributed by atoms with Gasteiger partial charge in [0.05, 0.1) is 12.6 Å². The van der Waals surface area contributed by atoms with Crippen molar-refractivity contribution >= 4 is 17.1 Å². The maximum Gasteiger partial charge on any atom is 0.417 e. The average molecular weight is 193 g/mol. The fourth-order valence-corrected chi connectivity index (χ4v) is 1.24. The van der Waals surface area contributed by atoms with Crippen LogP contribution >= 0.6 is 0 Å². The van der Waals surface area contributed by atoms with E-state index in [1.807, 2.05) is 0 Å². The highest BCUT2D eigenvalue weighted by molar-refractivity contribution is 6.00. The Morgan fingerprint density at radius 1 is 1.50 bits per heavy atom. The number of oxazole rings is 1. The molecule has 0 saturated carbocycles. The molecule has 1 heterocycles. The number of fused-ring (bicyclic) bond motifs is 1. The number of benzene rings is 1. The summed E-state index contributed by atoms with van der Waals surface area (Å²) in [5, 5.41) is 0. The van der Waals surface area contributed by atoms with Gasteiger partial charge in [-0.05, 0) is 12.1 Å². The van der Waals surface area contributed by atoms with Gasteiger partial charge in [-0.2, -0.15) is 0 Å². The van der Waals surface area contributed by atoms with Gasteiger partial charge in [0.1, 0.15) is 5.56 Å². The van der Waals surface area contributed by atoms with Crippen LogP contribution in [0.1, 0.15) is 10.4 Å². The Balaban J connectivity index is 2.76. The molecule has 0 fully saturated rings. The Morgan fingerprint density at radius 3 is 3.00 bits per heavy atom. The third kappa shape index (κ3) is 1.19. The number of nitrogens with one attached hydrogen (secondary N) is 1. The Kier molecular flexibility index (Phi) is 1.85. The number of H-pyrrole nitrogens is 1. The van der Waals surface area contributed by atoms with Crippen molar-refractivity contribution in [2.75, 3.05) is 7.11 Å². The fourth-order valence-electron chi connectivity index (χ4n) is 1.24. The molecule has 0 saturated heterocycles. The lowest BCUT2D eigenvalue weighted by Gasteiger charge is -1.97. The van der Waals surface area contributed by atoms with Crippen molar-refractivity contribution in [2.24, 2.45) is 0 Å². The summed E-state index contributed by atoms with van der Waals surface area (Å²) in [5.41, 5.74) is 0.950. The Hall–Kier alpha value is -2.04. The second-order valence-corrected chi connectivity index (χ2v) is 2.69. The van der Waals surface area contributed by atoms with Crippen LogP contribution in [-0.2, 0) is 4.74 Å². The number of aromatic nitrogens is 1. The number of hydrogen-bond donors (Lipinski definition) is 1. The Morgan fingerprint density at radius 2 is 2.29 bits per heavy atom. The first-order chi connectivity index (χ1) is 6.72. The highest BCUT2D eigenvalue weighted by Crippen LogP contribution is 2.15. The summed E-state index contributed by atoms with van der Waals surface area (Å²) in [6.07, 6.45) is 0. The average Bonchev–Trinajstić information content (AvgIpc) is 2.56. The van der Waals surface area contributed by atoms with E-state index in [-0.39, 0.29) is 11.1 Å². The van der Waals surface area contributed by atoms with Crippen molar-refractivity contribution in [3.63, 3.8) is 0 Å². The molecule has 1 aromatic heterocycles. The fraction of sp³-hybridized carbons (Fsp3) is 0.111. The molecule has 0 spiro atoms. The van der Waals surface area contributed by atoms with Crippen LogP contribution in [0.15, 0.2) is 27.4 Å². The second kappa shape index (κ2) is 3.02. The number of ether oxygens (including phenoxy) is 1. The largest absolute Gasteiger partial charge is 0.465 e. The molecule has 0 atom stereocenters. The maximum absolute atomic E-state index is 11.2. The van der Waals surface area contributed by atoms with Crippen LogP contribution in [0, 0.1) is 0 Å². The molecule has 0 aliphatic carbocycles. The first-order valence-corrected chi connectivity index (χ1v) is 3.92. The molecule has 5 nitrogen and oxygen atoms in total. The number of aromatic amines is 1. The van der Waals surface area contributed by atoms with Crippen LogP contribution in [0.2, 0.25) is 0 Å². The van der Waals surface area contributed by atoms with Crippen molar-refractivity contribution in [1.29, 1.82) is 0 Å². The van der Waals surface area contributed by atoms with Gasteiger partial charge in [-0.3, -0.25) is 4.98 Å². The van der Waals surface area contributed by atoms with Crippen molar-refractivity contribution in [2.45, 2.75) is 0 Å². The van der Waals surface area contributed by atoms with Gasteiger partial charge >= 0.3 is 11.7 Å². The van der Waals surface area contributed by atoms with Crippen LogP contribution in [0.3, 0.4) is 0 Å². The molecule has 0 bridgehead atoms. The lowest BCUT2D eigenvalue weighted by Crippen LogP contribution is -2.01. The molecule has 5 heteroatoms. The topological polar surface area (TPSA) is 72.3 Å². The molecule has 0 amide bonds. The van der Waals surface area contributed by atoms with Crippen LogP contribution in [0.25, 0.3) is 11.1 Å². The number of methoxy groups -OCH3 is 1. The van der Waals surface area contributed by atoms with Crippen LogP contribution in [0.5, 0.6) is 0 Å². The minimum atomic E-state index is -0.587. The lowest BCUT2D eigenvalue weighted by molar-refractivity contribution is 0.0601. The summed E-state index contributed by atoms with van der Waals surface area (Å²) in [6.45, 7) is 0. The van der Waals surface area contributed by atoms with Gasteiger partial charge < -0.3 is 9.15 Å². The highest BCUT2D eigenvalue weighted by Gasteiger charge is 2.13. The quantitative estimate of drug-likeness (QED) is 0.683. The zero-order chi connectivity index (χ0) is 10.1. The molecule has 0 aliphatic heterocycles. The molecule has 1 aromatic carbocycles. The van der Waals surface area contributed by atoms with Crippen molar-refractivity contribution in [3.05, 3.63) is 34.3 Å². The van der Waals surface area contributed by atoms with E-state index >= 15 is 0 Å². The molecule has 0 radical (unpaired) electrons. The van der Waals surface area contributed by atoms with E-state index in [9.17, 15) is 9.59 Å². The van der Waals surface area contributed by atoms with Crippen LogP contribution in [0.4, 0.5) is 0 Å². The predicted octanol–water partition coefficient (Wildman–Crippen LogP) is 0.908. The van der Waals surface area contributed by atoms with E-state index in [4.69, 9.17) is 4.42 Å². The molecule has 1 N–H and O–H groups in total. The summed E-state index contributed by atoms with van der Waals surface area (Å²) in [7, 11) is 1.27. The van der Waals surface area contributed by atoms with Crippen LogP contribution in [-0.4, -0.2) is 18.1 Å². The lowest BCUT2D eigenvalue weighted by atomic mass is 10.2. The molecular weight excluding hydrogens is 186 g/mol. The standard InChI is InChI=1S/C9H7NO4/c1-13-8(11)5-3-2-4-6-7(5)14-9(12)10-6/h2-4H,1H3,(H,10,12). The SMILES string of the molecule is COC(=O)c1cccc2[nH]c(=O)oc12. The summed E-state index contributed by atoms with van der Waals surface area (Å²) < 4.78 is 9.35. The van der Waals surface area contributed by atoms with E-state index in [2.05, 4.69) is 9.72 Å². The van der Waals surface area contributed by atoms with Crippen molar-refractivity contribution in [1.82, 2.24) is 4.98 Å². The second-order valence-electron chi connectivity index (χ2n) is 2.69. The summed E-state index contributed by atoms with van der Waals surface area (Å²) in [4.78, 5) is 24.6. The number of esters is 1. The van der Waals surface area contributed by atoms with E-state index in [1.54, 1.807) is 12.1 Å². The van der Waals surface area contributed by atoms with E-state index in [1.165, 1.54) is 13.2 Å². The van der Waals surface area contributed by atoms with E-state index < -0.39 is 11.7 Å². The Labute approximate surface area is 78.3 Å². The molecule has 2 aromatic rings. The number of carbonyl (C=O) groups is 1. The molecule has 2 rings (SSSR count). The number of carbonyl (C=O) groups excluding carboxylic acids is 1. The number of hydrogen-bond acceptors (Lipinski definition) is 4. The van der Waals surface area contributed by atoms with Crippen LogP contribution < -0.4 is 5.76 Å². The maximum atomic E-state index is 11.2. The highest BCUT2D eigenvalue weighted by atomic mass is 16.5. The van der Waals surface area contributed by atoms with Crippen molar-refractivity contribution < 1.29 is 13.9 Å². The monoisotopic (exact) mass is 193 g/mol. The summed E-state index contributed by atoms with van der Waals surface area (Å²) in [6, 6.07) is 4.82. The smallest absolute Gasteiger partial charge is 0.417 e. The Bertz CT molecular complexity index is 537. The zero-order valence-corrected chi connectivity index (χ0v) is 7.37. The summed E-state index contributed by atoms with van der Waals surface area (Å²) >= 11 is 0. The summed E-state index contributed by atoms with van der Waals surface area (Å²) in [5.74, 6) is -1.12. The third-order valence-electron chi connectivity index (χ3n) is 1.85. The minimum absolute atomic E-state index is 0.226. The molecule has 14 heavy (non-hydrogen) atoms. The van der Waals surface area contributed by atoms with Gasteiger partial charge in [-0.1, -0.05) is 6.07 Å².